The van der Waals surface area contributed by atoms with E-state index >= 15 is 0 Å². The molecule has 1 atom stereocenters. The van der Waals surface area contributed by atoms with Crippen LogP contribution in [0.25, 0.3) is 0 Å². The fraction of sp³-hybridized carbons (Fsp3) is 0.316. The fourth-order valence-electron chi connectivity index (χ4n) is 3.59. The van der Waals surface area contributed by atoms with Crippen LogP contribution in [0.5, 0.6) is 0 Å². The molecule has 0 spiro atoms. The van der Waals surface area contributed by atoms with E-state index in [1.165, 1.54) is 17.2 Å². The van der Waals surface area contributed by atoms with Gasteiger partial charge in [0.05, 0.1) is 0 Å². The quantitative estimate of drug-likeness (QED) is 0.265. The Kier molecular flexibility index (Phi) is 6.96. The summed E-state index contributed by atoms with van der Waals surface area (Å²) in [4.78, 5) is 54.0. The summed E-state index contributed by atoms with van der Waals surface area (Å²) in [6.45, 7) is -1.17. The van der Waals surface area contributed by atoms with E-state index in [1.54, 1.807) is 0 Å². The molecule has 1 aromatic heterocycles. The van der Waals surface area contributed by atoms with Crippen molar-refractivity contribution >= 4 is 37.2 Å². The second-order valence-electron chi connectivity index (χ2n) is 7.62. The molecule has 0 saturated carbocycles. The summed E-state index contributed by atoms with van der Waals surface area (Å²) >= 11 is 0. The van der Waals surface area contributed by atoms with Gasteiger partial charge in [-0.05, 0) is 6.08 Å². The van der Waals surface area contributed by atoms with Crippen molar-refractivity contribution in [3.05, 3.63) is 48.1 Å². The molecule has 1 fully saturated rings. The van der Waals surface area contributed by atoms with Crippen molar-refractivity contribution in [2.75, 3.05) is 41.1 Å². The Balaban J connectivity index is 1.53. The Hall–Kier alpha value is -3.23. The van der Waals surface area contributed by atoms with E-state index in [-0.39, 0.29) is 37.7 Å². The van der Waals surface area contributed by atoms with Gasteiger partial charge in [0.1, 0.15) is 0 Å². The monoisotopic (exact) mass is 520 g/mol. The summed E-state index contributed by atoms with van der Waals surface area (Å²) in [5, 5.41) is 3.65. The SMILES string of the molecule is O=C1C=CN(c2c(F)cc(N3C[C@H](CN(CO[PH](O)(O)O)c4ccon4)OC3=O)c(F)c2F)CC1. The molecular formula is C19H20F3N4O8P. The van der Waals surface area contributed by atoms with Gasteiger partial charge in [-0.3, -0.25) is 4.79 Å². The zero-order valence-electron chi connectivity index (χ0n) is 17.8. The number of rotatable bonds is 8. The third kappa shape index (κ3) is 5.55. The number of anilines is 3. The molecule has 1 amide bonds. The minimum absolute atomic E-state index is 0.00291. The van der Waals surface area contributed by atoms with E-state index in [0.717, 1.165) is 17.2 Å². The maximum absolute atomic E-state index is 14.9. The summed E-state index contributed by atoms with van der Waals surface area (Å²) in [6.07, 6.45) is 1.38. The number of hydrogen-bond acceptors (Lipinski definition) is 11. The Morgan fingerprint density at radius 2 is 2.00 bits per heavy atom. The molecule has 35 heavy (non-hydrogen) atoms. The van der Waals surface area contributed by atoms with Gasteiger partial charge in [0.15, 0.2) is 5.78 Å². The first-order chi connectivity index (χ1) is 16.5. The van der Waals surface area contributed by atoms with Crippen LogP contribution in [-0.2, 0) is 14.1 Å². The van der Waals surface area contributed by atoms with Gasteiger partial charge in [-0.2, -0.15) is 0 Å². The number of carbonyl (C=O) groups excluding carboxylic acids is 2. The van der Waals surface area contributed by atoms with E-state index in [1.807, 2.05) is 0 Å². The molecule has 3 N–H and O–H groups in total. The molecule has 2 aromatic rings. The van der Waals surface area contributed by atoms with Crippen LogP contribution in [-0.4, -0.2) is 64.2 Å². The normalized spacial score (nSPS) is 18.9. The molecule has 12 nitrogen and oxygen atoms in total. The Morgan fingerprint density at radius 1 is 1.23 bits per heavy atom. The number of nitrogens with zero attached hydrogens (tertiary/aromatic N) is 4. The van der Waals surface area contributed by atoms with Crippen molar-refractivity contribution < 1.29 is 51.2 Å². The van der Waals surface area contributed by atoms with Crippen molar-refractivity contribution in [2.45, 2.75) is 12.5 Å². The van der Waals surface area contributed by atoms with Gasteiger partial charge in [0, 0.05) is 19.2 Å². The largest absolute Gasteiger partial charge is 0.0299 e. The zero-order valence-corrected chi connectivity index (χ0v) is 18.8. The molecule has 0 radical (unpaired) electrons. The van der Waals surface area contributed by atoms with Crippen molar-refractivity contribution in [3.8, 4) is 0 Å². The summed E-state index contributed by atoms with van der Waals surface area (Å²) in [7, 11) is -4.89. The molecule has 2 aliphatic rings. The van der Waals surface area contributed by atoms with E-state index in [2.05, 4.69) is 9.68 Å². The molecule has 190 valence electrons. The number of halogens is 3. The predicted octanol–water partition coefficient (Wildman–Crippen LogP) is 1.58. The van der Waals surface area contributed by atoms with Crippen molar-refractivity contribution in [2.24, 2.45) is 0 Å². The number of hydrogen-bond donors (Lipinski definition) is 3. The first-order valence-electron chi connectivity index (χ1n) is 10.1. The van der Waals surface area contributed by atoms with E-state index in [0.29, 0.717) is 11.0 Å². The molecule has 0 bridgehead atoms. The molecule has 0 unspecified atom stereocenters. The van der Waals surface area contributed by atoms with Gasteiger partial charge in [-0.15, -0.1) is 0 Å². The van der Waals surface area contributed by atoms with Crippen molar-refractivity contribution in [3.63, 3.8) is 0 Å². The van der Waals surface area contributed by atoms with E-state index in [4.69, 9.17) is 23.9 Å². The number of benzene rings is 1. The maximum Gasteiger partial charge on any atom is 0.0299 e. The van der Waals surface area contributed by atoms with Crippen LogP contribution in [0, 0.1) is 17.5 Å². The van der Waals surface area contributed by atoms with Gasteiger partial charge in [0.2, 0.25) is 0 Å². The standard InChI is InChI=1S/C19H20F3N4O8P/c20-13-7-14(16(21)17(22)18(13)24-4-1-11(27)2-5-24)26-9-12(34-19(26)28)8-25(10-33-35(29,30)31)15-3-6-32-23-15/h1,3-4,6-7,12,29-31,35H,2,5,8-10H2/t12-/m0/s1. The third-order valence-electron chi connectivity index (χ3n) is 5.19. The second-order valence-corrected chi connectivity index (χ2v) is 9.06. The smallest absolute Gasteiger partial charge is 0.0283 e. The second kappa shape index (κ2) is 9.79. The number of amides is 1. The van der Waals surface area contributed by atoms with Crippen LogP contribution in [0.15, 0.2) is 35.2 Å². The minimum atomic E-state index is -4.89. The first kappa shape index (κ1) is 24.9. The fourth-order valence-corrected chi connectivity index (χ4v) is 3.91. The molecular weight excluding hydrogens is 500 g/mol. The number of allylic oxidation sites excluding steroid dienone is 1. The molecule has 2 aliphatic heterocycles. The molecule has 3 heterocycles. The molecule has 4 rings (SSSR count). The first-order valence-corrected chi connectivity index (χ1v) is 11.9. The van der Waals surface area contributed by atoms with Crippen LogP contribution in [0.3, 0.4) is 0 Å². The predicted molar refractivity (Wildman–Crippen MR) is 115 cm³/mol. The minimum Gasteiger partial charge on any atom is 0.0283 e. The van der Waals surface area contributed by atoms with Gasteiger partial charge in [-0.1, -0.05) is 0 Å². The van der Waals surface area contributed by atoms with Crippen molar-refractivity contribution in [1.82, 2.24) is 5.16 Å². The number of ether oxygens (including phenoxy) is 1. The number of ketones is 1. The van der Waals surface area contributed by atoms with Crippen LogP contribution in [0.2, 0.25) is 0 Å². The van der Waals surface area contributed by atoms with Crippen LogP contribution in [0.1, 0.15) is 6.42 Å². The van der Waals surface area contributed by atoms with Gasteiger partial charge < -0.3 is 0 Å². The van der Waals surface area contributed by atoms with E-state index in [9.17, 15) is 22.8 Å². The van der Waals surface area contributed by atoms with Crippen LogP contribution < -0.4 is 14.7 Å². The molecule has 16 heteroatoms. The average Bonchev–Trinajstić information content (AvgIpc) is 3.44. The van der Waals surface area contributed by atoms with Gasteiger partial charge >= 0.3 is 160 Å². The summed E-state index contributed by atoms with van der Waals surface area (Å²) < 4.78 is 59.0. The summed E-state index contributed by atoms with van der Waals surface area (Å²) in [5.74, 6) is -4.29. The summed E-state index contributed by atoms with van der Waals surface area (Å²) in [6, 6.07) is 2.03. The Morgan fingerprint density at radius 3 is 2.63 bits per heavy atom. The number of cyclic esters (lactones) is 1. The number of aromatic nitrogens is 1. The Bertz CT molecular complexity index is 1140. The zero-order chi connectivity index (χ0) is 25.3. The molecule has 0 aliphatic carbocycles. The molecule has 1 aromatic carbocycles. The molecule has 1 saturated heterocycles. The third-order valence-corrected chi connectivity index (χ3v) is 5.71. The topological polar surface area (TPSA) is 149 Å². The van der Waals surface area contributed by atoms with E-state index < -0.39 is 55.9 Å². The van der Waals surface area contributed by atoms with Crippen LogP contribution >= 0.6 is 8.17 Å². The van der Waals surface area contributed by atoms with Crippen molar-refractivity contribution in [1.29, 1.82) is 0 Å². The Labute approximate surface area is 196 Å². The number of carbonyl (C=O) groups is 2. The average molecular weight is 520 g/mol. The van der Waals surface area contributed by atoms with Crippen LogP contribution in [0.4, 0.5) is 35.2 Å². The van der Waals surface area contributed by atoms with Gasteiger partial charge in [0.25, 0.3) is 0 Å². The maximum atomic E-state index is 14.9. The summed E-state index contributed by atoms with van der Waals surface area (Å²) in [5.41, 5.74) is -1.39. The van der Waals surface area contributed by atoms with Gasteiger partial charge in [-0.25, -0.2) is 0 Å².